The van der Waals surface area contributed by atoms with Crippen molar-refractivity contribution in [3.63, 3.8) is 0 Å². The van der Waals surface area contributed by atoms with Crippen LogP contribution in [-0.2, 0) is 0 Å². The maximum absolute atomic E-state index is 11.3. The third kappa shape index (κ3) is 6.40. The largest absolute Gasteiger partial charge is 0.378 e. The van der Waals surface area contributed by atoms with Crippen LogP contribution in [0.25, 0.3) is 22.0 Å². The number of aromatic amines is 1. The van der Waals surface area contributed by atoms with Gasteiger partial charge in [0, 0.05) is 74.2 Å². The Balaban J connectivity index is 0.000000714. The van der Waals surface area contributed by atoms with Gasteiger partial charge in [0.1, 0.15) is 0 Å². The molecule has 11 nitrogen and oxygen atoms in total. The highest BCUT2D eigenvalue weighted by Crippen LogP contribution is 2.35. The van der Waals surface area contributed by atoms with Crippen molar-refractivity contribution in [2.45, 2.75) is 13.8 Å². The summed E-state index contributed by atoms with van der Waals surface area (Å²) in [5.74, 6) is 0. The van der Waals surface area contributed by atoms with Gasteiger partial charge in [-0.25, -0.2) is 23.6 Å². The fourth-order valence-electron chi connectivity index (χ4n) is 4.87. The van der Waals surface area contributed by atoms with Gasteiger partial charge in [-0.1, -0.05) is 6.07 Å². The second-order valence-corrected chi connectivity index (χ2v) is 10.8. The van der Waals surface area contributed by atoms with Crippen LogP contribution in [0.4, 0.5) is 17.1 Å². The SMILES string of the molecule is CC1=c2ccc(N(C)C)cc2=[NH+]C1=C(c1ccc([N+](=O)[O-])cc1)c1[nH]c2cc(N(C)C)ccc2c1C.[O-][Cl+3]([O-])([O-])[O-]. The topological polar surface area (TPSA) is 172 Å². The van der Waals surface area contributed by atoms with E-state index in [1.165, 1.54) is 0 Å². The number of nitro benzene ring substituents is 1. The van der Waals surface area contributed by atoms with Crippen molar-refractivity contribution >= 4 is 39.1 Å². The van der Waals surface area contributed by atoms with Crippen molar-refractivity contribution in [2.75, 3.05) is 38.0 Å². The lowest BCUT2D eigenvalue weighted by molar-refractivity contribution is -2.00. The zero-order valence-corrected chi connectivity index (χ0v) is 24.2. The monoisotopic (exact) mass is 579 g/mol. The van der Waals surface area contributed by atoms with Crippen LogP contribution >= 0.6 is 0 Å². The van der Waals surface area contributed by atoms with Crippen LogP contribution < -0.4 is 44.0 Å². The number of hydrogen-bond acceptors (Lipinski definition) is 8. The average molecular weight is 580 g/mol. The number of aryl methyl sites for hydroxylation is 1. The van der Waals surface area contributed by atoms with Gasteiger partial charge in [-0.15, -0.1) is 10.2 Å². The van der Waals surface area contributed by atoms with E-state index in [-0.39, 0.29) is 10.6 Å². The summed E-state index contributed by atoms with van der Waals surface area (Å²) in [5, 5.41) is 14.7. The molecule has 3 aromatic carbocycles. The number of nitrogens with zero attached hydrogens (tertiary/aromatic N) is 3. The number of rotatable bonds is 5. The Morgan fingerprint density at radius 3 is 1.98 bits per heavy atom. The molecule has 0 fully saturated rings. The van der Waals surface area contributed by atoms with Crippen LogP contribution in [-0.4, -0.2) is 38.1 Å². The Morgan fingerprint density at radius 1 is 0.854 bits per heavy atom. The molecule has 41 heavy (non-hydrogen) atoms. The molecule has 0 radical (unpaired) electrons. The van der Waals surface area contributed by atoms with Crippen LogP contribution in [0.5, 0.6) is 0 Å². The van der Waals surface area contributed by atoms with Gasteiger partial charge in [-0.05, 0) is 61.4 Å². The highest BCUT2D eigenvalue weighted by atomic mass is 35.7. The summed E-state index contributed by atoms with van der Waals surface area (Å²) in [7, 11) is 3.18. The van der Waals surface area contributed by atoms with Crippen LogP contribution in [0.2, 0.25) is 0 Å². The Morgan fingerprint density at radius 2 is 1.41 bits per heavy atom. The van der Waals surface area contributed by atoms with Gasteiger partial charge >= 0.3 is 0 Å². The Hall–Kier alpha value is -4.26. The first-order chi connectivity index (χ1) is 19.2. The zero-order chi connectivity index (χ0) is 30.2. The molecule has 0 bridgehead atoms. The van der Waals surface area contributed by atoms with Gasteiger partial charge in [-0.2, -0.15) is 0 Å². The number of nitro groups is 1. The number of H-pyrrole nitrogens is 1. The Bertz CT molecular complexity index is 1780. The van der Waals surface area contributed by atoms with Gasteiger partial charge in [-0.3, -0.25) is 10.1 Å². The van der Waals surface area contributed by atoms with Gasteiger partial charge in [0.05, 0.1) is 21.4 Å². The van der Waals surface area contributed by atoms with Gasteiger partial charge in [0.2, 0.25) is 11.1 Å². The minimum atomic E-state index is -4.94. The molecule has 1 aliphatic heterocycles. The number of anilines is 2. The van der Waals surface area contributed by atoms with Crippen LogP contribution in [0.1, 0.15) is 23.7 Å². The first-order valence-electron chi connectivity index (χ1n) is 12.5. The number of fused-ring (bicyclic) bond motifs is 2. The number of aromatic nitrogens is 1. The molecule has 0 saturated carbocycles. The van der Waals surface area contributed by atoms with Crippen molar-refractivity contribution in [1.82, 2.24) is 4.98 Å². The molecule has 0 amide bonds. The molecular formula is C29H30ClN5O6. The van der Waals surface area contributed by atoms with E-state index in [0.717, 1.165) is 66.5 Å². The summed E-state index contributed by atoms with van der Waals surface area (Å²) >= 11 is 0. The maximum Gasteiger partial charge on any atom is 0.269 e. The number of benzene rings is 3. The highest BCUT2D eigenvalue weighted by molar-refractivity contribution is 5.96. The quantitative estimate of drug-likeness (QED) is 0.204. The molecule has 4 aromatic rings. The van der Waals surface area contributed by atoms with Crippen molar-refractivity contribution < 1.29 is 38.8 Å². The molecule has 0 unspecified atom stereocenters. The lowest BCUT2D eigenvalue weighted by Crippen LogP contribution is -2.74. The molecule has 1 aromatic heterocycles. The predicted molar refractivity (Wildman–Crippen MR) is 146 cm³/mol. The van der Waals surface area contributed by atoms with Crippen molar-refractivity contribution in [3.05, 3.63) is 104 Å². The zero-order valence-electron chi connectivity index (χ0n) is 23.4. The Kier molecular flexibility index (Phi) is 8.20. The molecule has 12 heteroatoms. The molecule has 0 aliphatic carbocycles. The van der Waals surface area contributed by atoms with Crippen molar-refractivity contribution in [3.8, 4) is 0 Å². The molecule has 2 heterocycles. The van der Waals surface area contributed by atoms with Crippen LogP contribution in [0, 0.1) is 27.3 Å². The van der Waals surface area contributed by atoms with E-state index < -0.39 is 10.2 Å². The van der Waals surface area contributed by atoms with E-state index in [0.29, 0.717) is 0 Å². The second-order valence-electron chi connectivity index (χ2n) is 10.1. The number of non-ortho nitro benzene ring substituents is 1. The fraction of sp³-hybridized carbons (Fsp3) is 0.207. The minimum Gasteiger partial charge on any atom is -0.378 e. The van der Waals surface area contributed by atoms with Gasteiger partial charge in [0.25, 0.3) is 5.69 Å². The van der Waals surface area contributed by atoms with Crippen molar-refractivity contribution in [1.29, 1.82) is 0 Å². The fourth-order valence-corrected chi connectivity index (χ4v) is 4.87. The standard InChI is InChI=1S/C29H29N5O2.ClHO4/c1-17-23-13-11-21(32(3)4)15-25(23)30-28(17)27(19-7-9-20(10-8-19)34(35)36)29-18(2)24-14-12-22(33(5)6)16-26(24)31-29;2-1(3,4)5/h7-16,30H,1-6H3;(H,2,3,4,5). The number of halogens is 1. The molecule has 0 saturated heterocycles. The summed E-state index contributed by atoms with van der Waals surface area (Å²) in [6.45, 7) is 4.24. The first-order valence-corrected chi connectivity index (χ1v) is 13.7. The predicted octanol–water partition coefficient (Wildman–Crippen LogP) is -1.90. The normalized spacial score (nSPS) is 13.8. The lowest BCUT2D eigenvalue weighted by Gasteiger charge is -2.17. The molecule has 5 rings (SSSR count). The van der Waals surface area contributed by atoms with Gasteiger partial charge < -0.3 is 14.8 Å². The molecule has 0 atom stereocenters. The van der Waals surface area contributed by atoms with E-state index in [9.17, 15) is 10.1 Å². The molecule has 2 N–H and O–H groups in total. The summed E-state index contributed by atoms with van der Waals surface area (Å²) < 4.78 is 34.0. The van der Waals surface area contributed by atoms with Crippen molar-refractivity contribution in [2.24, 2.45) is 0 Å². The van der Waals surface area contributed by atoms with Crippen LogP contribution in [0.3, 0.4) is 0 Å². The summed E-state index contributed by atoms with van der Waals surface area (Å²) in [6.07, 6.45) is 0. The maximum atomic E-state index is 11.3. The number of nitrogens with one attached hydrogen (secondary N) is 2. The van der Waals surface area contributed by atoms with Crippen LogP contribution in [0.15, 0.2) is 66.4 Å². The van der Waals surface area contributed by atoms with E-state index in [2.05, 4.69) is 70.0 Å². The summed E-state index contributed by atoms with van der Waals surface area (Å²) in [5.41, 5.74) is 9.52. The third-order valence-corrected chi connectivity index (χ3v) is 6.98. The van der Waals surface area contributed by atoms with E-state index in [1.54, 1.807) is 12.1 Å². The number of allylic oxidation sites excluding steroid dienone is 1. The third-order valence-electron chi connectivity index (χ3n) is 6.98. The minimum absolute atomic E-state index is 0.0751. The van der Waals surface area contributed by atoms with E-state index in [1.807, 2.05) is 40.3 Å². The molecule has 0 spiro atoms. The van der Waals surface area contributed by atoms with Gasteiger partial charge in [0.15, 0.2) is 0 Å². The number of hydrogen-bond donors (Lipinski definition) is 2. The summed E-state index contributed by atoms with van der Waals surface area (Å²) in [4.78, 5) is 22.5. The highest BCUT2D eigenvalue weighted by Gasteiger charge is 2.27. The smallest absolute Gasteiger partial charge is 0.269 e. The van der Waals surface area contributed by atoms with E-state index >= 15 is 0 Å². The molecular weight excluding hydrogens is 550 g/mol. The average Bonchev–Trinajstić information content (AvgIpc) is 3.39. The Labute approximate surface area is 238 Å². The second kappa shape index (κ2) is 11.3. The summed E-state index contributed by atoms with van der Waals surface area (Å²) in [6, 6.07) is 19.6. The first kappa shape index (κ1) is 29.7. The molecule has 214 valence electrons. The van der Waals surface area contributed by atoms with E-state index in [4.69, 9.17) is 18.6 Å². The lowest BCUT2D eigenvalue weighted by atomic mass is 9.95. The molecule has 1 aliphatic rings.